The molecule has 2 nitrogen and oxygen atoms in total. The monoisotopic (exact) mass is 224 g/mol. The predicted molar refractivity (Wildman–Crippen MR) is 65.4 cm³/mol. The molecule has 0 spiro atoms. The quantitative estimate of drug-likeness (QED) is 0.850. The van der Waals surface area contributed by atoms with Crippen LogP contribution in [0.4, 0.5) is 0 Å². The molecule has 0 amide bonds. The molecule has 0 aromatic carbocycles. The van der Waals surface area contributed by atoms with E-state index in [0.29, 0.717) is 0 Å². The molecule has 1 aliphatic rings. The van der Waals surface area contributed by atoms with Gasteiger partial charge in [-0.05, 0) is 38.6 Å². The number of nitrogens with one attached hydrogen (secondary N) is 1. The van der Waals surface area contributed by atoms with Crippen LogP contribution >= 0.6 is 11.3 Å². The van der Waals surface area contributed by atoms with Crippen LogP contribution in [0.15, 0.2) is 5.38 Å². The van der Waals surface area contributed by atoms with Gasteiger partial charge < -0.3 is 5.32 Å². The van der Waals surface area contributed by atoms with Gasteiger partial charge in [0.1, 0.15) is 0 Å². The summed E-state index contributed by atoms with van der Waals surface area (Å²) in [5.41, 5.74) is 1.30. The minimum atomic E-state index is 0.733. The van der Waals surface area contributed by atoms with E-state index in [0.717, 1.165) is 18.5 Å². The van der Waals surface area contributed by atoms with E-state index in [2.05, 4.69) is 29.5 Å². The van der Waals surface area contributed by atoms with Crippen molar-refractivity contribution in [2.75, 3.05) is 6.54 Å². The fourth-order valence-corrected chi connectivity index (χ4v) is 3.21. The zero-order valence-electron chi connectivity index (χ0n) is 9.62. The van der Waals surface area contributed by atoms with Gasteiger partial charge in [0, 0.05) is 11.4 Å². The number of thiazole rings is 1. The maximum atomic E-state index is 4.56. The van der Waals surface area contributed by atoms with Gasteiger partial charge >= 0.3 is 0 Å². The van der Waals surface area contributed by atoms with Crippen molar-refractivity contribution in [1.29, 1.82) is 0 Å². The Morgan fingerprint density at radius 1 is 1.53 bits per heavy atom. The topological polar surface area (TPSA) is 24.9 Å². The Balaban J connectivity index is 1.93. The first-order valence-electron chi connectivity index (χ1n) is 5.94. The van der Waals surface area contributed by atoms with Gasteiger partial charge in [0.2, 0.25) is 0 Å². The van der Waals surface area contributed by atoms with Crippen molar-refractivity contribution in [3.8, 4) is 0 Å². The highest BCUT2D eigenvalue weighted by Crippen LogP contribution is 2.29. The van der Waals surface area contributed by atoms with Crippen LogP contribution in [-0.4, -0.2) is 17.6 Å². The normalized spacial score (nSPS) is 26.0. The van der Waals surface area contributed by atoms with Gasteiger partial charge in [-0.3, -0.25) is 0 Å². The molecule has 1 heterocycles. The zero-order chi connectivity index (χ0) is 10.7. The summed E-state index contributed by atoms with van der Waals surface area (Å²) in [7, 11) is 0. The van der Waals surface area contributed by atoms with E-state index >= 15 is 0 Å². The van der Waals surface area contributed by atoms with Crippen LogP contribution in [-0.2, 0) is 6.42 Å². The fourth-order valence-electron chi connectivity index (χ4n) is 2.58. The van der Waals surface area contributed by atoms with E-state index in [9.17, 15) is 0 Å². The summed E-state index contributed by atoms with van der Waals surface area (Å²) in [5, 5.41) is 7.01. The molecule has 2 atom stereocenters. The van der Waals surface area contributed by atoms with E-state index in [1.165, 1.54) is 36.4 Å². The fraction of sp³-hybridized carbons (Fsp3) is 0.750. The molecule has 15 heavy (non-hydrogen) atoms. The maximum Gasteiger partial charge on any atom is 0.0897 e. The van der Waals surface area contributed by atoms with Crippen LogP contribution in [0.1, 0.15) is 36.9 Å². The highest BCUT2D eigenvalue weighted by Gasteiger charge is 2.26. The molecule has 1 aliphatic carbocycles. The number of hydrogen-bond donors (Lipinski definition) is 1. The highest BCUT2D eigenvalue weighted by atomic mass is 32.1. The third-order valence-corrected chi connectivity index (χ3v) is 4.09. The molecule has 1 fully saturated rings. The Morgan fingerprint density at radius 2 is 2.40 bits per heavy atom. The lowest BCUT2D eigenvalue weighted by molar-refractivity contribution is 0.404. The SMILES string of the molecule is CCNC1CCCC1Cc1csc(C)n1. The summed E-state index contributed by atoms with van der Waals surface area (Å²) in [6.45, 7) is 5.38. The summed E-state index contributed by atoms with van der Waals surface area (Å²) >= 11 is 1.77. The number of aromatic nitrogens is 1. The Morgan fingerprint density at radius 3 is 3.07 bits per heavy atom. The number of hydrogen-bond acceptors (Lipinski definition) is 3. The average molecular weight is 224 g/mol. The predicted octanol–water partition coefficient (Wildman–Crippen LogP) is 2.77. The van der Waals surface area contributed by atoms with Crippen LogP contribution in [0.3, 0.4) is 0 Å². The van der Waals surface area contributed by atoms with Gasteiger partial charge in [0.15, 0.2) is 0 Å². The molecular formula is C12H20N2S. The summed E-state index contributed by atoms with van der Waals surface area (Å²) in [6.07, 6.45) is 5.27. The number of nitrogens with zero attached hydrogens (tertiary/aromatic N) is 1. The third kappa shape index (κ3) is 2.79. The standard InChI is InChI=1S/C12H20N2S/c1-3-13-12-6-4-5-10(12)7-11-8-15-9(2)14-11/h8,10,12-13H,3-7H2,1-2H3. The lowest BCUT2D eigenvalue weighted by Gasteiger charge is -2.19. The number of rotatable bonds is 4. The Hall–Kier alpha value is -0.410. The van der Waals surface area contributed by atoms with Gasteiger partial charge in [-0.15, -0.1) is 11.3 Å². The largest absolute Gasteiger partial charge is 0.314 e. The van der Waals surface area contributed by atoms with Crippen molar-refractivity contribution >= 4 is 11.3 Å². The van der Waals surface area contributed by atoms with Crippen LogP contribution in [0.2, 0.25) is 0 Å². The molecular weight excluding hydrogens is 204 g/mol. The van der Waals surface area contributed by atoms with Crippen molar-refractivity contribution < 1.29 is 0 Å². The summed E-state index contributed by atoms with van der Waals surface area (Å²) in [5.74, 6) is 0.812. The molecule has 1 saturated carbocycles. The van der Waals surface area contributed by atoms with E-state index in [1.54, 1.807) is 11.3 Å². The Labute approximate surface area is 96.1 Å². The lowest BCUT2D eigenvalue weighted by atomic mass is 9.98. The van der Waals surface area contributed by atoms with Crippen LogP contribution < -0.4 is 5.32 Å². The van der Waals surface area contributed by atoms with E-state index in [1.807, 2.05) is 0 Å². The second kappa shape index (κ2) is 5.08. The smallest absolute Gasteiger partial charge is 0.0897 e. The van der Waals surface area contributed by atoms with Gasteiger partial charge in [0.05, 0.1) is 10.7 Å². The molecule has 0 aliphatic heterocycles. The van der Waals surface area contributed by atoms with Crippen molar-refractivity contribution in [2.24, 2.45) is 5.92 Å². The molecule has 0 radical (unpaired) electrons. The van der Waals surface area contributed by atoms with Crippen molar-refractivity contribution in [3.05, 3.63) is 16.1 Å². The molecule has 1 N–H and O–H groups in total. The summed E-state index contributed by atoms with van der Waals surface area (Å²) in [6, 6.07) is 0.733. The molecule has 84 valence electrons. The van der Waals surface area contributed by atoms with Gasteiger partial charge in [-0.1, -0.05) is 13.3 Å². The molecule has 2 rings (SSSR count). The molecule has 1 aromatic heterocycles. The molecule has 0 saturated heterocycles. The van der Waals surface area contributed by atoms with E-state index in [4.69, 9.17) is 0 Å². The zero-order valence-corrected chi connectivity index (χ0v) is 10.4. The molecule has 1 aromatic rings. The van der Waals surface area contributed by atoms with Crippen LogP contribution in [0.5, 0.6) is 0 Å². The lowest BCUT2D eigenvalue weighted by Crippen LogP contribution is -2.33. The summed E-state index contributed by atoms with van der Waals surface area (Å²) in [4.78, 5) is 4.56. The minimum absolute atomic E-state index is 0.733. The summed E-state index contributed by atoms with van der Waals surface area (Å²) < 4.78 is 0. The van der Waals surface area contributed by atoms with Crippen molar-refractivity contribution in [2.45, 2.75) is 45.6 Å². The van der Waals surface area contributed by atoms with Crippen molar-refractivity contribution in [1.82, 2.24) is 10.3 Å². The highest BCUT2D eigenvalue weighted by molar-refractivity contribution is 7.09. The number of aryl methyl sites for hydroxylation is 1. The van der Waals surface area contributed by atoms with Crippen molar-refractivity contribution in [3.63, 3.8) is 0 Å². The Kier molecular flexibility index (Phi) is 3.76. The molecule has 2 unspecified atom stereocenters. The molecule has 3 heteroatoms. The van der Waals surface area contributed by atoms with Gasteiger partial charge in [-0.25, -0.2) is 4.98 Å². The first-order chi connectivity index (χ1) is 7.29. The first kappa shape index (κ1) is 11.1. The van der Waals surface area contributed by atoms with E-state index in [-0.39, 0.29) is 0 Å². The van der Waals surface area contributed by atoms with Crippen LogP contribution in [0.25, 0.3) is 0 Å². The van der Waals surface area contributed by atoms with Gasteiger partial charge in [0.25, 0.3) is 0 Å². The third-order valence-electron chi connectivity index (χ3n) is 3.26. The second-order valence-corrected chi connectivity index (χ2v) is 5.48. The average Bonchev–Trinajstić information content (AvgIpc) is 2.78. The Bertz CT molecular complexity index is 308. The maximum absolute atomic E-state index is 4.56. The van der Waals surface area contributed by atoms with Gasteiger partial charge in [-0.2, -0.15) is 0 Å². The van der Waals surface area contributed by atoms with Crippen LogP contribution in [0, 0.1) is 12.8 Å². The van der Waals surface area contributed by atoms with E-state index < -0.39 is 0 Å². The minimum Gasteiger partial charge on any atom is -0.314 e. The first-order valence-corrected chi connectivity index (χ1v) is 6.82. The second-order valence-electron chi connectivity index (χ2n) is 4.42. The molecule has 0 bridgehead atoms.